The minimum Gasteiger partial charge on any atom is -0.147 e. The molecule has 1 rings (SSSR count). The molecule has 6 heteroatoms. The maximum absolute atomic E-state index is 6.03. The second-order valence-corrected chi connectivity index (χ2v) is 14.9. The quantitative estimate of drug-likeness (QED) is 0.736. The molecule has 1 aromatic rings. The third-order valence-corrected chi connectivity index (χ3v) is 4.78. The minimum atomic E-state index is -3.17. The molecule has 0 aromatic heterocycles. The zero-order chi connectivity index (χ0) is 10.1. The van der Waals surface area contributed by atoms with Gasteiger partial charge in [-0.3, -0.25) is 0 Å². The van der Waals surface area contributed by atoms with E-state index in [-0.39, 0.29) is 12.4 Å². The van der Waals surface area contributed by atoms with Crippen molar-refractivity contribution in [3.63, 3.8) is 0 Å². The van der Waals surface area contributed by atoms with Crippen LogP contribution in [0.4, 0.5) is 0 Å². The van der Waals surface area contributed by atoms with Crippen LogP contribution in [0.5, 0.6) is 5.75 Å². The van der Waals surface area contributed by atoms with Crippen LogP contribution >= 0.6 is 50.8 Å². The van der Waals surface area contributed by atoms with Crippen LogP contribution in [0.3, 0.4) is 0 Å². The summed E-state index contributed by atoms with van der Waals surface area (Å²) >= 11 is 18.1. The van der Waals surface area contributed by atoms with Gasteiger partial charge in [0.25, 0.3) is 0 Å². The fourth-order valence-electron chi connectivity index (χ4n) is 0.900. The summed E-state index contributed by atoms with van der Waals surface area (Å²) in [6.45, 7) is 1.65. The zero-order valence-electron chi connectivity index (χ0n) is 7.71. The number of halogens is 4. The fourth-order valence-corrected chi connectivity index (χ4v) is 2.70. The number of rotatable bonds is 2. The van der Waals surface area contributed by atoms with E-state index >= 15 is 0 Å². The largest absolute Gasteiger partial charge is 0.147 e. The van der Waals surface area contributed by atoms with Gasteiger partial charge >= 0.3 is 92.2 Å². The van der Waals surface area contributed by atoms with Crippen LogP contribution in [0, 0.1) is 0 Å². The molecule has 0 N–H and O–H groups in total. The number of methoxy groups -OCH3 is 1. The summed E-state index contributed by atoms with van der Waals surface area (Å²) in [5, 5.41) is 0.747. The fraction of sp³-hybridized carbons (Fsp3) is 0.250. The topological polar surface area (TPSA) is 9.23 Å². The van der Waals surface area contributed by atoms with E-state index in [1.54, 1.807) is 38.0 Å². The van der Waals surface area contributed by atoms with E-state index in [2.05, 4.69) is 0 Å². The van der Waals surface area contributed by atoms with Crippen molar-refractivity contribution in [2.45, 2.75) is 0 Å². The van der Waals surface area contributed by atoms with Gasteiger partial charge in [0.2, 0.25) is 0 Å². The van der Waals surface area contributed by atoms with Gasteiger partial charge in [-0.15, -0.1) is 12.4 Å². The maximum atomic E-state index is 6.03. The van der Waals surface area contributed by atoms with Gasteiger partial charge in [0.05, 0.1) is 0 Å². The first-order valence-corrected chi connectivity index (χ1v) is 9.01. The number of hydrogen-bond donors (Lipinski definition) is 0. The molecule has 0 aliphatic carbocycles. The normalized spacial score (nSPS) is 13.6. The molecule has 14 heavy (non-hydrogen) atoms. The van der Waals surface area contributed by atoms with Crippen molar-refractivity contribution in [1.82, 2.24) is 0 Å². The Bertz CT molecular complexity index is 294. The molecule has 0 atom stereocenters. The molecule has 0 aliphatic heterocycles. The summed E-state index contributed by atoms with van der Waals surface area (Å²) in [6.07, 6.45) is 0. The van der Waals surface area contributed by atoms with Crippen LogP contribution < -0.4 is 10.0 Å². The van der Waals surface area contributed by atoms with Gasteiger partial charge in [-0.25, -0.2) is 0 Å². The van der Waals surface area contributed by atoms with Crippen molar-refractivity contribution in [3.05, 3.63) is 24.3 Å². The molecule has 82 valence electrons. The first kappa shape index (κ1) is 14.6. The van der Waals surface area contributed by atoms with Crippen LogP contribution in [0.15, 0.2) is 24.3 Å². The molecule has 0 aliphatic rings. The van der Waals surface area contributed by atoms with Gasteiger partial charge in [-0.1, -0.05) is 0 Å². The zero-order valence-corrected chi connectivity index (χ0v) is 11.7. The average molecular weight is 296 g/mol. The first-order valence-electron chi connectivity index (χ1n) is 3.61. The Morgan fingerprint density at radius 2 is 1.50 bits per heavy atom. The summed E-state index contributed by atoms with van der Waals surface area (Å²) < 4.78 is 1.83. The third-order valence-electron chi connectivity index (χ3n) is 1.62. The Morgan fingerprint density at radius 3 is 1.79 bits per heavy atom. The maximum Gasteiger partial charge on any atom is -0.147 e. The van der Waals surface area contributed by atoms with E-state index < -0.39 is 4.66 Å². The van der Waals surface area contributed by atoms with E-state index in [1.807, 2.05) is 0 Å². The van der Waals surface area contributed by atoms with E-state index in [0.29, 0.717) is 0 Å². The van der Waals surface area contributed by atoms with Crippen LogP contribution in [0.25, 0.3) is 0 Å². The molecule has 0 spiro atoms. The van der Waals surface area contributed by atoms with Gasteiger partial charge in [0, 0.05) is 0 Å². The number of hydrogen-bond acceptors (Lipinski definition) is 1. The average Bonchev–Trinajstić information content (AvgIpc) is 2.02. The summed E-state index contributed by atoms with van der Waals surface area (Å²) in [5.74, 6) is 0.758. The summed E-state index contributed by atoms with van der Waals surface area (Å²) in [5.41, 5.74) is 0. The summed E-state index contributed by atoms with van der Waals surface area (Å²) in [6, 6.07) is 7.13. The van der Waals surface area contributed by atoms with Crippen molar-refractivity contribution in [3.8, 4) is 5.75 Å². The Hall–Kier alpha value is 0.610. The molecule has 0 bridgehead atoms. The third kappa shape index (κ3) is 4.00. The molecule has 0 amide bonds. The monoisotopic (exact) mass is 294 g/mol. The van der Waals surface area contributed by atoms with Gasteiger partial charge in [0.15, 0.2) is 0 Å². The van der Waals surface area contributed by atoms with Gasteiger partial charge in [0.1, 0.15) is 0 Å². The Labute approximate surface area is 104 Å². The van der Waals surface area contributed by atoms with Crippen molar-refractivity contribution < 1.29 is 4.74 Å². The molecule has 0 saturated carbocycles. The Morgan fingerprint density at radius 1 is 1.07 bits per heavy atom. The standard InChI is InChI=1S/C8H10Cl3OP.ClH/c1-12-7-3-5-8(6-4-7)13(2,9,10)11;/h3-6H,1-2H3;1H. The molecular weight excluding hydrogens is 285 g/mol. The van der Waals surface area contributed by atoms with Gasteiger partial charge < -0.3 is 0 Å². The van der Waals surface area contributed by atoms with Gasteiger partial charge in [-0.05, 0) is 0 Å². The molecule has 0 heterocycles. The van der Waals surface area contributed by atoms with Crippen molar-refractivity contribution in [1.29, 1.82) is 0 Å². The van der Waals surface area contributed by atoms with E-state index in [0.717, 1.165) is 11.1 Å². The number of ether oxygens (including phenoxy) is 1. The predicted molar refractivity (Wildman–Crippen MR) is 70.3 cm³/mol. The molecular formula is C8H11Cl4OP. The summed E-state index contributed by atoms with van der Waals surface area (Å²) in [7, 11) is 1.60. The minimum absolute atomic E-state index is 0. The van der Waals surface area contributed by atoms with Crippen molar-refractivity contribution in [2.75, 3.05) is 13.8 Å². The van der Waals surface area contributed by atoms with Crippen LogP contribution in [-0.4, -0.2) is 13.8 Å². The molecule has 0 radical (unpaired) electrons. The van der Waals surface area contributed by atoms with E-state index in [4.69, 9.17) is 38.5 Å². The molecule has 1 nitrogen and oxygen atoms in total. The van der Waals surface area contributed by atoms with Gasteiger partial charge in [-0.2, -0.15) is 0 Å². The smallest absolute Gasteiger partial charge is 0.147 e. The Balaban J connectivity index is 0.00000169. The second kappa shape index (κ2) is 4.63. The first-order chi connectivity index (χ1) is 5.80. The van der Waals surface area contributed by atoms with E-state index in [9.17, 15) is 0 Å². The van der Waals surface area contributed by atoms with Crippen LogP contribution in [0.1, 0.15) is 0 Å². The van der Waals surface area contributed by atoms with Crippen molar-refractivity contribution in [2.24, 2.45) is 0 Å². The molecule has 1 aromatic carbocycles. The Kier molecular flexibility index (Phi) is 4.84. The SMILES string of the molecule is COc1ccc(P(C)(Cl)(Cl)Cl)cc1.Cl. The number of benzene rings is 1. The molecule has 0 saturated heterocycles. The van der Waals surface area contributed by atoms with Crippen molar-refractivity contribution >= 4 is 56.1 Å². The molecule has 0 fully saturated rings. The van der Waals surface area contributed by atoms with Crippen LogP contribution in [0.2, 0.25) is 0 Å². The van der Waals surface area contributed by atoms with Crippen LogP contribution in [-0.2, 0) is 0 Å². The summed E-state index contributed by atoms with van der Waals surface area (Å²) in [4.78, 5) is 0. The predicted octanol–water partition coefficient (Wildman–Crippen LogP) is 4.39. The second-order valence-electron chi connectivity index (χ2n) is 2.87. The molecule has 0 unspecified atom stereocenters. The van der Waals surface area contributed by atoms with E-state index in [1.165, 1.54) is 0 Å².